The van der Waals surface area contributed by atoms with Gasteiger partial charge >= 0.3 is 6.18 Å². The van der Waals surface area contributed by atoms with Crippen molar-refractivity contribution in [3.05, 3.63) is 59.2 Å². The Hall–Kier alpha value is -2.58. The van der Waals surface area contributed by atoms with Crippen molar-refractivity contribution < 1.29 is 27.4 Å². The van der Waals surface area contributed by atoms with Gasteiger partial charge in [0.05, 0.1) is 12.7 Å². The van der Waals surface area contributed by atoms with Crippen molar-refractivity contribution in [2.75, 3.05) is 46.3 Å². The third-order valence-electron chi connectivity index (χ3n) is 5.58. The number of hydrogen-bond donors (Lipinski definition) is 0. The molecule has 2 atom stereocenters. The van der Waals surface area contributed by atoms with E-state index in [1.54, 1.807) is 24.1 Å². The molecule has 0 bridgehead atoms. The number of carbonyl (C=O) groups excluding carboxylic acids is 1. The lowest BCUT2D eigenvalue weighted by atomic mass is 9.87. The summed E-state index contributed by atoms with van der Waals surface area (Å²) in [4.78, 5) is 16.9. The number of rotatable bonds is 6. The second-order valence-electron chi connectivity index (χ2n) is 7.87. The Morgan fingerprint density at radius 3 is 2.32 bits per heavy atom. The Balaban J connectivity index is 2.11. The van der Waals surface area contributed by atoms with E-state index < -0.39 is 23.8 Å². The van der Waals surface area contributed by atoms with Crippen molar-refractivity contribution >= 4 is 11.6 Å². The average Bonchev–Trinajstić information content (AvgIpc) is 2.84. The quantitative estimate of drug-likeness (QED) is 0.688. The van der Waals surface area contributed by atoms with Gasteiger partial charge in [0.25, 0.3) is 5.91 Å². The molecule has 2 aromatic carbocycles. The van der Waals surface area contributed by atoms with Crippen molar-refractivity contribution in [3.63, 3.8) is 0 Å². The van der Waals surface area contributed by atoms with Gasteiger partial charge in [-0.15, -0.1) is 0 Å². The number of benzene rings is 2. The second-order valence-corrected chi connectivity index (χ2v) is 7.87. The maximum atomic E-state index is 13.5. The molecule has 8 heteroatoms. The SMILES string of the molecule is COc1ccc([C@@H]2Cc3cc(C(F)(F)F)ccc3N(CCN(C)C)C(=O)[C@@H]2OC)cc1. The molecule has 0 fully saturated rings. The van der Waals surface area contributed by atoms with E-state index in [9.17, 15) is 18.0 Å². The molecule has 0 unspecified atom stereocenters. The number of hydrogen-bond acceptors (Lipinski definition) is 4. The van der Waals surface area contributed by atoms with Crippen molar-refractivity contribution in [1.82, 2.24) is 4.90 Å². The zero-order valence-corrected chi connectivity index (χ0v) is 18.1. The van der Waals surface area contributed by atoms with E-state index in [0.29, 0.717) is 30.1 Å². The molecular weight excluding hydrogens is 409 g/mol. The van der Waals surface area contributed by atoms with E-state index in [0.717, 1.165) is 17.7 Å². The minimum Gasteiger partial charge on any atom is -0.497 e. The molecule has 31 heavy (non-hydrogen) atoms. The van der Waals surface area contributed by atoms with E-state index in [2.05, 4.69) is 0 Å². The van der Waals surface area contributed by atoms with Crippen molar-refractivity contribution in [2.45, 2.75) is 24.6 Å². The first kappa shape index (κ1) is 23.1. The number of carbonyl (C=O) groups is 1. The van der Waals surface area contributed by atoms with Gasteiger partial charge in [0.1, 0.15) is 11.9 Å². The molecule has 1 amide bonds. The first-order valence-electron chi connectivity index (χ1n) is 9.98. The van der Waals surface area contributed by atoms with E-state index >= 15 is 0 Å². The van der Waals surface area contributed by atoms with Crippen LogP contribution in [0.5, 0.6) is 5.75 Å². The smallest absolute Gasteiger partial charge is 0.416 e. The minimum absolute atomic E-state index is 0.244. The van der Waals surface area contributed by atoms with Crippen LogP contribution in [0, 0.1) is 0 Å². The number of methoxy groups -OCH3 is 2. The van der Waals surface area contributed by atoms with Gasteiger partial charge in [-0.25, -0.2) is 0 Å². The Morgan fingerprint density at radius 1 is 1.10 bits per heavy atom. The Kier molecular flexibility index (Phi) is 6.91. The van der Waals surface area contributed by atoms with E-state index in [1.165, 1.54) is 13.2 Å². The number of nitrogens with zero attached hydrogens (tertiary/aromatic N) is 2. The van der Waals surface area contributed by atoms with Crippen LogP contribution in [-0.2, 0) is 22.1 Å². The molecule has 1 heterocycles. The fraction of sp³-hybridized carbons (Fsp3) is 0.435. The first-order valence-corrected chi connectivity index (χ1v) is 9.98. The van der Waals surface area contributed by atoms with Crippen molar-refractivity contribution in [1.29, 1.82) is 0 Å². The van der Waals surface area contributed by atoms with Crippen LogP contribution in [0.4, 0.5) is 18.9 Å². The summed E-state index contributed by atoms with van der Waals surface area (Å²) in [6.07, 6.45) is -5.04. The molecule has 2 aromatic rings. The fourth-order valence-electron chi connectivity index (χ4n) is 3.92. The number of fused-ring (bicyclic) bond motifs is 1. The lowest BCUT2D eigenvalue weighted by Crippen LogP contribution is -2.44. The maximum absolute atomic E-state index is 13.5. The topological polar surface area (TPSA) is 42.0 Å². The normalized spacial score (nSPS) is 19.4. The predicted octanol–water partition coefficient (Wildman–Crippen LogP) is 3.96. The Bertz CT molecular complexity index is 913. The molecule has 5 nitrogen and oxygen atoms in total. The number of ether oxygens (including phenoxy) is 2. The van der Waals surface area contributed by atoms with Gasteiger partial charge in [-0.2, -0.15) is 13.2 Å². The number of halogens is 3. The highest BCUT2D eigenvalue weighted by Gasteiger charge is 2.39. The molecule has 1 aliphatic rings. The second kappa shape index (κ2) is 9.28. The van der Waals surface area contributed by atoms with Gasteiger partial charge in [0, 0.05) is 31.8 Å². The molecule has 3 rings (SSSR count). The summed E-state index contributed by atoms with van der Waals surface area (Å²) in [5.74, 6) is -0.0382. The summed E-state index contributed by atoms with van der Waals surface area (Å²) in [5.41, 5.74) is 1.05. The van der Waals surface area contributed by atoms with Crippen molar-refractivity contribution in [3.8, 4) is 5.75 Å². The highest BCUT2D eigenvalue weighted by Crippen LogP contribution is 2.39. The van der Waals surface area contributed by atoms with Gasteiger partial charge in [-0.05, 0) is 62.0 Å². The number of likely N-dealkylation sites (N-methyl/N-ethyl adjacent to an activating group) is 1. The monoisotopic (exact) mass is 436 g/mol. The minimum atomic E-state index is -4.46. The van der Waals surface area contributed by atoms with Crippen molar-refractivity contribution in [2.24, 2.45) is 0 Å². The third-order valence-corrected chi connectivity index (χ3v) is 5.58. The van der Waals surface area contributed by atoms with Crippen LogP contribution in [0.1, 0.15) is 22.6 Å². The molecular formula is C23H27F3N2O3. The van der Waals surface area contributed by atoms with Crippen LogP contribution in [0.25, 0.3) is 0 Å². The highest BCUT2D eigenvalue weighted by atomic mass is 19.4. The summed E-state index contributed by atoms with van der Waals surface area (Å²) in [7, 11) is 6.77. The molecule has 0 aliphatic carbocycles. The molecule has 168 valence electrons. The molecule has 0 saturated heterocycles. The lowest BCUT2D eigenvalue weighted by molar-refractivity contribution is -0.137. The van der Waals surface area contributed by atoms with E-state index in [4.69, 9.17) is 9.47 Å². The third kappa shape index (κ3) is 5.02. The molecule has 0 radical (unpaired) electrons. The van der Waals surface area contributed by atoms with Crippen LogP contribution in [0.2, 0.25) is 0 Å². The van der Waals surface area contributed by atoms with E-state index in [-0.39, 0.29) is 12.3 Å². The summed E-state index contributed by atoms with van der Waals surface area (Å²) in [5, 5.41) is 0. The number of anilines is 1. The van der Waals surface area contributed by atoms with Crippen LogP contribution >= 0.6 is 0 Å². The molecule has 0 N–H and O–H groups in total. The molecule has 0 aromatic heterocycles. The maximum Gasteiger partial charge on any atom is 0.416 e. The zero-order chi connectivity index (χ0) is 22.8. The standard InChI is InChI=1S/C23H27F3N2O3/c1-27(2)11-12-28-20-10-7-17(23(24,25)26)13-16(20)14-19(21(31-4)22(28)29)15-5-8-18(30-3)9-6-15/h5-10,13,19,21H,11-12,14H2,1-4H3/t19-,21+/m0/s1. The summed E-state index contributed by atoms with van der Waals surface area (Å²) in [6.45, 7) is 0.912. The van der Waals surface area contributed by atoms with Crippen LogP contribution in [0.3, 0.4) is 0 Å². The van der Waals surface area contributed by atoms with Crippen LogP contribution < -0.4 is 9.64 Å². The number of alkyl halides is 3. The van der Waals surface area contributed by atoms with Crippen LogP contribution in [0.15, 0.2) is 42.5 Å². The Labute approximate surface area is 180 Å². The average molecular weight is 436 g/mol. The summed E-state index contributed by atoms with van der Waals surface area (Å²) in [6, 6.07) is 10.8. The Morgan fingerprint density at radius 2 is 1.77 bits per heavy atom. The van der Waals surface area contributed by atoms with Gasteiger partial charge < -0.3 is 19.3 Å². The van der Waals surface area contributed by atoms with Gasteiger partial charge in [0.15, 0.2) is 0 Å². The predicted molar refractivity (Wildman–Crippen MR) is 113 cm³/mol. The number of amides is 1. The van der Waals surface area contributed by atoms with Gasteiger partial charge in [0.2, 0.25) is 0 Å². The molecule has 0 spiro atoms. The molecule has 1 aliphatic heterocycles. The highest BCUT2D eigenvalue weighted by molar-refractivity contribution is 5.99. The first-order chi connectivity index (χ1) is 14.7. The summed E-state index contributed by atoms with van der Waals surface area (Å²) >= 11 is 0. The zero-order valence-electron chi connectivity index (χ0n) is 18.1. The largest absolute Gasteiger partial charge is 0.497 e. The summed E-state index contributed by atoms with van der Waals surface area (Å²) < 4.78 is 51.0. The fourth-order valence-corrected chi connectivity index (χ4v) is 3.92. The lowest BCUT2D eigenvalue weighted by Gasteiger charge is -2.28. The molecule has 0 saturated carbocycles. The van der Waals surface area contributed by atoms with Gasteiger partial charge in [-0.1, -0.05) is 12.1 Å². The van der Waals surface area contributed by atoms with Gasteiger partial charge in [-0.3, -0.25) is 4.79 Å². The van der Waals surface area contributed by atoms with Crippen LogP contribution in [-0.4, -0.2) is 58.3 Å². The van der Waals surface area contributed by atoms with E-state index in [1.807, 2.05) is 31.1 Å².